The van der Waals surface area contributed by atoms with Crippen LogP contribution < -0.4 is 29.4 Å². The highest BCUT2D eigenvalue weighted by molar-refractivity contribution is 5.95. The highest BCUT2D eigenvalue weighted by atomic mass is 16.4. The molecule has 6 aliphatic heterocycles. The molecule has 0 amide bonds. The summed E-state index contributed by atoms with van der Waals surface area (Å²) in [4.78, 5) is 103. The van der Waals surface area contributed by atoms with Crippen LogP contribution in [0.5, 0.6) is 0 Å². The van der Waals surface area contributed by atoms with Gasteiger partial charge < -0.3 is 60.0 Å². The molecule has 6 atom stereocenters. The van der Waals surface area contributed by atoms with Gasteiger partial charge in [0.2, 0.25) is 0 Å². The van der Waals surface area contributed by atoms with Crippen molar-refractivity contribution < 1.29 is 59.4 Å². The van der Waals surface area contributed by atoms with Crippen molar-refractivity contribution in [2.24, 2.45) is 23.7 Å². The third-order valence-electron chi connectivity index (χ3n) is 18.2. The fourth-order valence-corrected chi connectivity index (χ4v) is 13.1. The normalized spacial score (nSPS) is 20.2. The molecule has 0 spiro atoms. The minimum atomic E-state index is -0.954. The van der Waals surface area contributed by atoms with Crippen molar-refractivity contribution in [1.82, 2.24) is 29.9 Å². The summed E-state index contributed by atoms with van der Waals surface area (Å²) in [6.45, 7) is 22.3. The highest BCUT2D eigenvalue weighted by Gasteiger charge is 2.31. The molecule has 6 aromatic heterocycles. The average molecular weight is 1290 g/mol. The van der Waals surface area contributed by atoms with Crippen LogP contribution in [0.3, 0.4) is 0 Å². The van der Waals surface area contributed by atoms with E-state index >= 15 is 0 Å². The van der Waals surface area contributed by atoms with Gasteiger partial charge in [0.1, 0.15) is 0 Å². The second-order valence-corrected chi connectivity index (χ2v) is 24.6. The largest absolute Gasteiger partial charge is 0.476 e. The van der Waals surface area contributed by atoms with Crippen molar-refractivity contribution in [2.75, 3.05) is 94.8 Å². The Hall–Kier alpha value is -9.48. The quantitative estimate of drug-likeness (QED) is 0.0524. The molecule has 0 unspecified atom stereocenters. The number of aromatic nitrogens is 6. The van der Waals surface area contributed by atoms with Crippen LogP contribution in [0, 0.1) is 23.7 Å². The van der Waals surface area contributed by atoms with Crippen LogP contribution in [0.1, 0.15) is 182 Å². The van der Waals surface area contributed by atoms with E-state index in [0.29, 0.717) is 35.8 Å². The van der Waals surface area contributed by atoms with E-state index in [2.05, 4.69) is 101 Å². The Morgan fingerprint density at radius 1 is 0.340 bits per heavy atom. The molecule has 94 heavy (non-hydrogen) atoms. The Morgan fingerprint density at radius 3 is 0.809 bits per heavy atom. The number of pyridine rings is 6. The minimum absolute atomic E-state index is 0.159. The molecule has 24 nitrogen and oxygen atoms in total. The SMILES string of the molecule is CC[C@@H]1CCCN1c1cccnc1C(=O)O.CC[C@@H]1CCN(c2cccnc2C(=O)O)C1.CC[C@H]1CCCN1c1cccnc1C(=O)O.CC[C@H]1CCN(c2cccnc2C(=O)O)C1.C[C@@H]1CCN(c2cccnc2C(=O)O)C1.C[C@H]1CCN(c2cccnc2C(=O)O)C1. The van der Waals surface area contributed by atoms with Gasteiger partial charge in [-0.2, -0.15) is 0 Å². The van der Waals surface area contributed by atoms with Gasteiger partial charge in [0.15, 0.2) is 34.2 Å². The molecule has 6 N–H and O–H groups in total. The minimum Gasteiger partial charge on any atom is -0.476 e. The van der Waals surface area contributed by atoms with Crippen LogP contribution in [0.25, 0.3) is 0 Å². The Bertz CT molecular complexity index is 3260. The van der Waals surface area contributed by atoms with E-state index in [9.17, 15) is 28.8 Å². The van der Waals surface area contributed by atoms with Gasteiger partial charge in [-0.25, -0.2) is 58.7 Å². The molecule has 0 aliphatic carbocycles. The van der Waals surface area contributed by atoms with Gasteiger partial charge in [0, 0.05) is 115 Å². The van der Waals surface area contributed by atoms with Crippen LogP contribution in [0.2, 0.25) is 0 Å². The molecule has 12 rings (SSSR count). The Kier molecular flexibility index (Phi) is 27.2. The van der Waals surface area contributed by atoms with Gasteiger partial charge in [-0.3, -0.25) is 0 Å². The van der Waals surface area contributed by atoms with Crippen LogP contribution in [-0.4, -0.2) is 174 Å². The Balaban J connectivity index is 0.000000160. The summed E-state index contributed by atoms with van der Waals surface area (Å²) in [5, 5.41) is 54.3. The van der Waals surface area contributed by atoms with Gasteiger partial charge in [-0.05, 0) is 161 Å². The zero-order valence-electron chi connectivity index (χ0n) is 54.9. The standard InChI is InChI=1S/4C12H16N2O2.2C11H14N2O2/c2*1-2-9-5-4-8-14(9)10-6-3-7-13-11(10)12(15)16;2*1-2-9-5-7-14(8-9)10-4-3-6-13-11(10)12(15)16;2*1-8-4-6-13(7-8)9-3-2-5-12-10(9)11(14)15/h2*3,6-7,9H,2,4-5,8H2,1H3,(H,15,16);2*3-4,6,9H,2,5,7-8H2,1H3,(H,15,16);2*2-3,5,8H,4,6-7H2,1H3,(H,14,15)/t4*9-;2*8-/m101010/s1. The Labute approximate surface area is 550 Å². The van der Waals surface area contributed by atoms with E-state index in [-0.39, 0.29) is 34.2 Å². The summed E-state index contributed by atoms with van der Waals surface area (Å²) in [5.74, 6) is -3.07. The molecule has 0 saturated carbocycles. The second-order valence-electron chi connectivity index (χ2n) is 24.6. The van der Waals surface area contributed by atoms with E-state index < -0.39 is 35.8 Å². The molecular weight excluding hydrogens is 1200 g/mol. The lowest BCUT2D eigenvalue weighted by molar-refractivity contribution is 0.0680. The summed E-state index contributed by atoms with van der Waals surface area (Å²) in [5.41, 5.74) is 5.52. The molecule has 6 saturated heterocycles. The second kappa shape index (κ2) is 35.5. The highest BCUT2D eigenvalue weighted by Crippen LogP contribution is 2.33. The van der Waals surface area contributed by atoms with Crippen LogP contribution in [-0.2, 0) is 0 Å². The number of aromatic carboxylic acids is 6. The molecule has 12 heterocycles. The number of carboxylic acids is 6. The van der Waals surface area contributed by atoms with Crippen LogP contribution in [0.4, 0.5) is 34.1 Å². The summed E-state index contributed by atoms with van der Waals surface area (Å²) in [7, 11) is 0. The van der Waals surface area contributed by atoms with E-state index in [0.717, 1.165) is 177 Å². The summed E-state index contributed by atoms with van der Waals surface area (Å²) in [6, 6.07) is 22.7. The van der Waals surface area contributed by atoms with E-state index in [1.54, 1.807) is 36.4 Å². The molecular formula is C70H92N12O12. The number of nitrogens with zero attached hydrogens (tertiary/aromatic N) is 12. The van der Waals surface area contributed by atoms with Crippen molar-refractivity contribution >= 4 is 69.9 Å². The molecule has 0 radical (unpaired) electrons. The number of anilines is 6. The summed E-state index contributed by atoms with van der Waals surface area (Å²) in [6.07, 6.45) is 22.6. The van der Waals surface area contributed by atoms with E-state index in [4.69, 9.17) is 30.6 Å². The first-order chi connectivity index (χ1) is 45.3. The average Bonchev–Trinajstić information content (AvgIpc) is 1.74. The first-order valence-electron chi connectivity index (χ1n) is 32.9. The fraction of sp³-hybridized carbons (Fsp3) is 0.486. The van der Waals surface area contributed by atoms with Crippen LogP contribution >= 0.6 is 0 Å². The van der Waals surface area contributed by atoms with Gasteiger partial charge in [-0.1, -0.05) is 54.4 Å². The first kappa shape index (κ1) is 72.0. The molecule has 504 valence electrons. The number of hydrogen-bond acceptors (Lipinski definition) is 18. The molecule has 6 aliphatic rings. The molecule has 0 aromatic carbocycles. The lowest BCUT2D eigenvalue weighted by Crippen LogP contribution is -2.30. The monoisotopic (exact) mass is 1290 g/mol. The van der Waals surface area contributed by atoms with Gasteiger partial charge in [0.25, 0.3) is 0 Å². The topological polar surface area (TPSA) is 321 Å². The molecule has 6 fully saturated rings. The first-order valence-corrected chi connectivity index (χ1v) is 32.9. The van der Waals surface area contributed by atoms with E-state index in [1.807, 2.05) is 36.4 Å². The van der Waals surface area contributed by atoms with Crippen molar-refractivity contribution in [3.05, 3.63) is 144 Å². The van der Waals surface area contributed by atoms with Crippen molar-refractivity contribution in [3.63, 3.8) is 0 Å². The molecule has 6 aromatic rings. The zero-order valence-corrected chi connectivity index (χ0v) is 54.9. The van der Waals surface area contributed by atoms with Crippen molar-refractivity contribution in [3.8, 4) is 0 Å². The van der Waals surface area contributed by atoms with E-state index in [1.165, 1.54) is 37.2 Å². The fourth-order valence-electron chi connectivity index (χ4n) is 13.1. The lowest BCUT2D eigenvalue weighted by atomic mass is 10.1. The van der Waals surface area contributed by atoms with Gasteiger partial charge in [0.05, 0.1) is 34.1 Å². The third-order valence-corrected chi connectivity index (χ3v) is 18.2. The summed E-state index contributed by atoms with van der Waals surface area (Å²) >= 11 is 0. The van der Waals surface area contributed by atoms with Gasteiger partial charge >= 0.3 is 35.8 Å². The Morgan fingerprint density at radius 2 is 0.585 bits per heavy atom. The smallest absolute Gasteiger partial charge is 0.356 e. The molecule has 24 heteroatoms. The van der Waals surface area contributed by atoms with Crippen molar-refractivity contribution in [2.45, 2.75) is 131 Å². The zero-order chi connectivity index (χ0) is 67.8. The van der Waals surface area contributed by atoms with Gasteiger partial charge in [-0.15, -0.1) is 0 Å². The maximum Gasteiger partial charge on any atom is 0.356 e. The van der Waals surface area contributed by atoms with Crippen LogP contribution in [0.15, 0.2) is 110 Å². The van der Waals surface area contributed by atoms with Crippen molar-refractivity contribution in [1.29, 1.82) is 0 Å². The number of rotatable bonds is 16. The molecule has 0 bridgehead atoms. The predicted octanol–water partition coefficient (Wildman–Crippen LogP) is 11.6. The number of carbonyl (C=O) groups is 6. The number of hydrogen-bond donors (Lipinski definition) is 6. The third kappa shape index (κ3) is 19.3. The predicted molar refractivity (Wildman–Crippen MR) is 362 cm³/mol. The lowest BCUT2D eigenvalue weighted by Gasteiger charge is -2.26. The number of carboxylic acid groups (broad SMARTS) is 6. The maximum absolute atomic E-state index is 11.1. The maximum atomic E-state index is 11.1. The summed E-state index contributed by atoms with van der Waals surface area (Å²) < 4.78 is 0.